The van der Waals surface area contributed by atoms with Gasteiger partial charge in [0.05, 0.1) is 12.2 Å². The van der Waals surface area contributed by atoms with Gasteiger partial charge < -0.3 is 20.0 Å². The van der Waals surface area contributed by atoms with Crippen molar-refractivity contribution in [1.29, 1.82) is 0 Å². The monoisotopic (exact) mass is 442 g/mol. The first kappa shape index (κ1) is 23.0. The highest BCUT2D eigenvalue weighted by Gasteiger charge is 2.29. The van der Waals surface area contributed by atoms with Crippen LogP contribution in [0.2, 0.25) is 0 Å². The molecule has 4 rings (SSSR count). The Morgan fingerprint density at radius 2 is 1.84 bits per heavy atom. The second-order valence-electron chi connectivity index (χ2n) is 9.75. The highest BCUT2D eigenvalue weighted by molar-refractivity contribution is 5.77. The quantitative estimate of drug-likeness (QED) is 0.753. The van der Waals surface area contributed by atoms with Gasteiger partial charge in [0, 0.05) is 71.0 Å². The standard InChI is InChI=1S/C24H38N6O2/c1-17-5-4-10-28(15-17)11-9-22(32)30-14-8-21-20(16-30)24(25-3)27-23(26-21)19-6-12-29(13-7-19)18(2)31/h17,19H,4-16H2,1-3H3,(H,25,26,27)/t17-/m0/s1. The van der Waals surface area contributed by atoms with E-state index in [2.05, 4.69) is 17.1 Å². The topological polar surface area (TPSA) is 81.7 Å². The van der Waals surface area contributed by atoms with Crippen LogP contribution >= 0.6 is 0 Å². The van der Waals surface area contributed by atoms with Gasteiger partial charge in [-0.3, -0.25) is 9.59 Å². The summed E-state index contributed by atoms with van der Waals surface area (Å²) in [5, 5.41) is 3.25. The summed E-state index contributed by atoms with van der Waals surface area (Å²) in [6.07, 6.45) is 5.72. The Labute approximate surface area is 191 Å². The van der Waals surface area contributed by atoms with Gasteiger partial charge in [-0.1, -0.05) is 6.92 Å². The van der Waals surface area contributed by atoms with Crippen molar-refractivity contribution in [3.63, 3.8) is 0 Å². The molecule has 3 aliphatic heterocycles. The summed E-state index contributed by atoms with van der Waals surface area (Å²) >= 11 is 0. The van der Waals surface area contributed by atoms with E-state index in [1.807, 2.05) is 16.8 Å². The second kappa shape index (κ2) is 10.1. The average Bonchev–Trinajstić information content (AvgIpc) is 2.81. The molecular weight excluding hydrogens is 404 g/mol. The van der Waals surface area contributed by atoms with Crippen LogP contribution in [0, 0.1) is 5.92 Å². The van der Waals surface area contributed by atoms with Crippen LogP contribution in [0.5, 0.6) is 0 Å². The molecule has 0 saturated carbocycles. The van der Waals surface area contributed by atoms with Crippen LogP contribution in [-0.2, 0) is 22.6 Å². The van der Waals surface area contributed by atoms with E-state index in [1.165, 1.54) is 12.8 Å². The lowest BCUT2D eigenvalue weighted by Gasteiger charge is -2.34. The van der Waals surface area contributed by atoms with Crippen molar-refractivity contribution >= 4 is 17.6 Å². The predicted octanol–water partition coefficient (Wildman–Crippen LogP) is 2.25. The third-order valence-corrected chi connectivity index (χ3v) is 7.36. The molecule has 32 heavy (non-hydrogen) atoms. The summed E-state index contributed by atoms with van der Waals surface area (Å²) in [6, 6.07) is 0. The highest BCUT2D eigenvalue weighted by atomic mass is 16.2. The molecule has 1 aromatic heterocycles. The second-order valence-corrected chi connectivity index (χ2v) is 9.75. The minimum Gasteiger partial charge on any atom is -0.373 e. The van der Waals surface area contributed by atoms with Gasteiger partial charge in [0.15, 0.2) is 0 Å². The molecule has 8 heteroatoms. The molecule has 0 aromatic carbocycles. The minimum absolute atomic E-state index is 0.144. The fraction of sp³-hybridized carbons (Fsp3) is 0.750. The van der Waals surface area contributed by atoms with E-state index in [-0.39, 0.29) is 17.7 Å². The molecule has 4 heterocycles. The average molecular weight is 443 g/mol. The van der Waals surface area contributed by atoms with E-state index in [0.29, 0.717) is 13.0 Å². The van der Waals surface area contributed by atoms with Crippen molar-refractivity contribution in [2.75, 3.05) is 51.6 Å². The number of anilines is 1. The van der Waals surface area contributed by atoms with E-state index in [9.17, 15) is 9.59 Å². The van der Waals surface area contributed by atoms with Crippen LogP contribution in [0.3, 0.4) is 0 Å². The van der Waals surface area contributed by atoms with Crippen molar-refractivity contribution < 1.29 is 9.59 Å². The van der Waals surface area contributed by atoms with E-state index >= 15 is 0 Å². The van der Waals surface area contributed by atoms with Gasteiger partial charge in [-0.15, -0.1) is 0 Å². The Morgan fingerprint density at radius 3 is 2.53 bits per heavy atom. The molecule has 2 saturated heterocycles. The summed E-state index contributed by atoms with van der Waals surface area (Å²) in [7, 11) is 1.89. The number of carbonyl (C=O) groups excluding carboxylic acids is 2. The van der Waals surface area contributed by atoms with Crippen LogP contribution < -0.4 is 5.32 Å². The van der Waals surface area contributed by atoms with Crippen LogP contribution in [0.4, 0.5) is 5.82 Å². The molecule has 0 bridgehead atoms. The van der Waals surface area contributed by atoms with Crippen LogP contribution in [0.15, 0.2) is 0 Å². The number of hydrogen-bond acceptors (Lipinski definition) is 6. The van der Waals surface area contributed by atoms with Crippen LogP contribution in [-0.4, -0.2) is 82.8 Å². The van der Waals surface area contributed by atoms with Crippen molar-refractivity contribution in [3.05, 3.63) is 17.1 Å². The zero-order valence-electron chi connectivity index (χ0n) is 19.9. The zero-order chi connectivity index (χ0) is 22.7. The first-order valence-corrected chi connectivity index (χ1v) is 12.3. The Hall–Kier alpha value is -2.22. The summed E-state index contributed by atoms with van der Waals surface area (Å²) < 4.78 is 0. The maximum Gasteiger partial charge on any atom is 0.224 e. The number of amides is 2. The maximum atomic E-state index is 12.9. The SMILES string of the molecule is CNc1nc(C2CCN(C(C)=O)CC2)nc2c1CN(C(=O)CCN1CCC[C@H](C)C1)CC2. The molecule has 0 aliphatic carbocycles. The molecule has 2 amide bonds. The fourth-order valence-corrected chi connectivity index (χ4v) is 5.39. The Balaban J connectivity index is 1.38. The predicted molar refractivity (Wildman–Crippen MR) is 124 cm³/mol. The number of rotatable bonds is 5. The number of fused-ring (bicyclic) bond motifs is 1. The first-order chi connectivity index (χ1) is 15.4. The molecule has 1 atom stereocenters. The summed E-state index contributed by atoms with van der Waals surface area (Å²) in [5.74, 6) is 3.13. The highest BCUT2D eigenvalue weighted by Crippen LogP contribution is 2.30. The number of nitrogens with one attached hydrogen (secondary N) is 1. The molecular formula is C24H38N6O2. The van der Waals surface area contributed by atoms with Crippen molar-refractivity contribution in [1.82, 2.24) is 24.7 Å². The molecule has 3 aliphatic rings. The summed E-state index contributed by atoms with van der Waals surface area (Å²) in [4.78, 5) is 40.7. The van der Waals surface area contributed by atoms with E-state index in [1.54, 1.807) is 6.92 Å². The Kier molecular flexibility index (Phi) is 7.28. The lowest BCUT2D eigenvalue weighted by Crippen LogP contribution is -2.41. The van der Waals surface area contributed by atoms with Crippen molar-refractivity contribution in [2.24, 2.45) is 5.92 Å². The van der Waals surface area contributed by atoms with Gasteiger partial charge in [0.2, 0.25) is 11.8 Å². The smallest absolute Gasteiger partial charge is 0.224 e. The molecule has 0 unspecified atom stereocenters. The van der Waals surface area contributed by atoms with Gasteiger partial charge >= 0.3 is 0 Å². The normalized spacial score (nSPS) is 22.5. The molecule has 8 nitrogen and oxygen atoms in total. The Morgan fingerprint density at radius 1 is 1.06 bits per heavy atom. The van der Waals surface area contributed by atoms with E-state index in [4.69, 9.17) is 9.97 Å². The Bertz CT molecular complexity index is 819. The van der Waals surface area contributed by atoms with Crippen molar-refractivity contribution in [2.45, 2.75) is 64.8 Å². The van der Waals surface area contributed by atoms with Gasteiger partial charge in [-0.2, -0.15) is 0 Å². The number of carbonyl (C=O) groups is 2. The van der Waals surface area contributed by atoms with Crippen LogP contribution in [0.25, 0.3) is 0 Å². The molecule has 0 radical (unpaired) electrons. The number of aromatic nitrogens is 2. The summed E-state index contributed by atoms with van der Waals surface area (Å²) in [6.45, 7) is 9.88. The van der Waals surface area contributed by atoms with Gasteiger partial charge in [-0.25, -0.2) is 9.97 Å². The van der Waals surface area contributed by atoms with Crippen molar-refractivity contribution in [3.8, 4) is 0 Å². The number of likely N-dealkylation sites (tertiary alicyclic amines) is 2. The third kappa shape index (κ3) is 5.22. The minimum atomic E-state index is 0.144. The molecule has 0 spiro atoms. The fourth-order valence-electron chi connectivity index (χ4n) is 5.39. The van der Waals surface area contributed by atoms with E-state index in [0.717, 1.165) is 87.3 Å². The van der Waals surface area contributed by atoms with Gasteiger partial charge in [-0.05, 0) is 38.1 Å². The van der Waals surface area contributed by atoms with Crippen LogP contribution in [0.1, 0.15) is 69.0 Å². The lowest BCUT2D eigenvalue weighted by atomic mass is 9.95. The molecule has 1 aromatic rings. The number of hydrogen-bond donors (Lipinski definition) is 1. The van der Waals surface area contributed by atoms with Gasteiger partial charge in [0.1, 0.15) is 11.6 Å². The largest absolute Gasteiger partial charge is 0.373 e. The number of piperidine rings is 2. The molecule has 2 fully saturated rings. The van der Waals surface area contributed by atoms with E-state index < -0.39 is 0 Å². The summed E-state index contributed by atoms with van der Waals surface area (Å²) in [5.41, 5.74) is 2.13. The number of nitrogens with zero attached hydrogens (tertiary/aromatic N) is 5. The zero-order valence-corrected chi connectivity index (χ0v) is 19.9. The molecule has 176 valence electrons. The third-order valence-electron chi connectivity index (χ3n) is 7.36. The molecule has 1 N–H and O–H groups in total. The first-order valence-electron chi connectivity index (χ1n) is 12.3. The maximum absolute atomic E-state index is 12.9. The van der Waals surface area contributed by atoms with Gasteiger partial charge in [0.25, 0.3) is 0 Å². The lowest BCUT2D eigenvalue weighted by molar-refractivity contribution is -0.132.